The molecule has 4 rings (SSSR count). The topological polar surface area (TPSA) is 49.8 Å². The molecule has 2 aliphatic rings. The van der Waals surface area contributed by atoms with Crippen molar-refractivity contribution >= 4 is 22.9 Å². The number of carbonyl (C=O) groups is 1. The molecule has 1 saturated heterocycles. The van der Waals surface area contributed by atoms with Gasteiger partial charge in [-0.05, 0) is 60.9 Å². The first-order valence-electron chi connectivity index (χ1n) is 10.1. The number of nitrogens with zero attached hydrogens (tertiary/aromatic N) is 1. The molecule has 0 spiro atoms. The van der Waals surface area contributed by atoms with E-state index in [2.05, 4.69) is 29.2 Å². The van der Waals surface area contributed by atoms with Crippen LogP contribution in [-0.2, 0) is 17.6 Å². The minimum absolute atomic E-state index is 0.455. The van der Waals surface area contributed by atoms with Crippen LogP contribution < -0.4 is 0 Å². The third-order valence-electron chi connectivity index (χ3n) is 5.77. The molecular formula is C23H27NO3S. The van der Waals surface area contributed by atoms with Gasteiger partial charge < -0.3 is 14.7 Å². The van der Waals surface area contributed by atoms with E-state index < -0.39 is 5.97 Å². The highest BCUT2D eigenvalue weighted by molar-refractivity contribution is 7.14. The van der Waals surface area contributed by atoms with E-state index in [0.29, 0.717) is 4.88 Å². The molecule has 1 aliphatic heterocycles. The highest BCUT2D eigenvalue weighted by atomic mass is 32.1. The predicted molar refractivity (Wildman–Crippen MR) is 113 cm³/mol. The van der Waals surface area contributed by atoms with Crippen LogP contribution in [0.2, 0.25) is 0 Å². The van der Waals surface area contributed by atoms with Crippen LogP contribution in [0, 0.1) is 0 Å². The quantitative estimate of drug-likeness (QED) is 0.756. The third kappa shape index (κ3) is 3.93. The lowest BCUT2D eigenvalue weighted by atomic mass is 9.87. The van der Waals surface area contributed by atoms with Crippen LogP contribution in [0.3, 0.4) is 0 Å². The van der Waals surface area contributed by atoms with Crippen molar-refractivity contribution in [3.05, 3.63) is 62.3 Å². The lowest BCUT2D eigenvalue weighted by molar-refractivity contribution is 0.0702. The number of hydrogen-bond acceptors (Lipinski definition) is 4. The fourth-order valence-corrected chi connectivity index (χ4v) is 5.33. The minimum atomic E-state index is -0.818. The summed E-state index contributed by atoms with van der Waals surface area (Å²) in [5.74, 6) is -0.818. The van der Waals surface area contributed by atoms with Crippen LogP contribution in [0.5, 0.6) is 0 Å². The minimum Gasteiger partial charge on any atom is -0.477 e. The van der Waals surface area contributed by atoms with Crippen molar-refractivity contribution in [1.29, 1.82) is 0 Å². The third-order valence-corrected chi connectivity index (χ3v) is 6.95. The second-order valence-corrected chi connectivity index (χ2v) is 8.56. The molecule has 0 saturated carbocycles. The molecule has 1 aromatic carbocycles. The summed E-state index contributed by atoms with van der Waals surface area (Å²) in [6, 6.07) is 10.6. The largest absolute Gasteiger partial charge is 0.477 e. The van der Waals surface area contributed by atoms with Crippen LogP contribution >= 0.6 is 11.3 Å². The van der Waals surface area contributed by atoms with Crippen LogP contribution in [0.1, 0.15) is 51.0 Å². The smallest absolute Gasteiger partial charge is 0.345 e. The fourth-order valence-electron chi connectivity index (χ4n) is 4.32. The van der Waals surface area contributed by atoms with E-state index in [9.17, 15) is 9.90 Å². The number of piperidine rings is 1. The van der Waals surface area contributed by atoms with Gasteiger partial charge in [-0.1, -0.05) is 29.8 Å². The number of hydrogen-bond donors (Lipinski definition) is 1. The van der Waals surface area contributed by atoms with Gasteiger partial charge in [-0.2, -0.15) is 0 Å². The highest BCUT2D eigenvalue weighted by Crippen LogP contribution is 2.41. The molecule has 28 heavy (non-hydrogen) atoms. The molecule has 0 atom stereocenters. The number of carboxylic acids is 1. The Morgan fingerprint density at radius 3 is 2.68 bits per heavy atom. The molecule has 0 radical (unpaired) electrons. The van der Waals surface area contributed by atoms with Gasteiger partial charge in [0.1, 0.15) is 4.88 Å². The molecule has 1 N–H and O–H groups in total. The molecule has 1 fully saturated rings. The Bertz CT molecular complexity index is 889. The molecule has 2 aromatic rings. The van der Waals surface area contributed by atoms with Crippen molar-refractivity contribution in [2.24, 2.45) is 0 Å². The average molecular weight is 398 g/mol. The Hall–Kier alpha value is -1.95. The number of aryl methyl sites for hydroxylation is 2. The van der Waals surface area contributed by atoms with Crippen molar-refractivity contribution < 1.29 is 14.6 Å². The summed E-state index contributed by atoms with van der Waals surface area (Å²) in [4.78, 5) is 15.7. The van der Waals surface area contributed by atoms with Gasteiger partial charge in [-0.25, -0.2) is 4.79 Å². The first-order valence-corrected chi connectivity index (χ1v) is 11.0. The van der Waals surface area contributed by atoms with E-state index in [1.54, 1.807) is 0 Å². The van der Waals surface area contributed by atoms with Gasteiger partial charge in [-0.3, -0.25) is 0 Å². The Labute approximate surface area is 170 Å². The zero-order chi connectivity index (χ0) is 19.5. The molecule has 0 amide bonds. The molecule has 2 heterocycles. The first-order chi connectivity index (χ1) is 13.7. The SMILES string of the molecule is CCOCCN1CCC(=C2c3ccccc3CCc3sc(C(=O)O)cc32)CC1. The van der Waals surface area contributed by atoms with Crippen molar-refractivity contribution in [3.63, 3.8) is 0 Å². The molecule has 1 aliphatic carbocycles. The van der Waals surface area contributed by atoms with Crippen molar-refractivity contribution in [2.45, 2.75) is 32.6 Å². The summed E-state index contributed by atoms with van der Waals surface area (Å²) in [6.07, 6.45) is 3.96. The maximum atomic E-state index is 11.6. The van der Waals surface area contributed by atoms with Gasteiger partial charge >= 0.3 is 5.97 Å². The van der Waals surface area contributed by atoms with Gasteiger partial charge in [0.15, 0.2) is 0 Å². The van der Waals surface area contributed by atoms with Gasteiger partial charge in [0.05, 0.1) is 6.61 Å². The highest BCUT2D eigenvalue weighted by Gasteiger charge is 2.26. The second-order valence-electron chi connectivity index (χ2n) is 7.43. The van der Waals surface area contributed by atoms with Crippen LogP contribution in [0.15, 0.2) is 35.9 Å². The summed E-state index contributed by atoms with van der Waals surface area (Å²) in [5, 5.41) is 9.51. The Kier molecular flexibility index (Phi) is 5.95. The normalized spacial score (nSPS) is 17.2. The summed E-state index contributed by atoms with van der Waals surface area (Å²) >= 11 is 1.45. The van der Waals surface area contributed by atoms with Gasteiger partial charge in [0, 0.05) is 31.1 Å². The first kappa shape index (κ1) is 19.4. The number of thiophene rings is 1. The van der Waals surface area contributed by atoms with Gasteiger partial charge in [-0.15, -0.1) is 11.3 Å². The van der Waals surface area contributed by atoms with Crippen LogP contribution in [0.4, 0.5) is 0 Å². The number of carboxylic acid groups (broad SMARTS) is 1. The number of benzene rings is 1. The molecular weight excluding hydrogens is 370 g/mol. The summed E-state index contributed by atoms with van der Waals surface area (Å²) in [7, 11) is 0. The Balaban J connectivity index is 1.69. The molecule has 5 heteroatoms. The van der Waals surface area contributed by atoms with Crippen molar-refractivity contribution in [3.8, 4) is 0 Å². The summed E-state index contributed by atoms with van der Waals surface area (Å²) < 4.78 is 5.51. The average Bonchev–Trinajstić information content (AvgIpc) is 3.07. The maximum Gasteiger partial charge on any atom is 0.345 e. The van der Waals surface area contributed by atoms with E-state index in [4.69, 9.17) is 4.74 Å². The van der Waals surface area contributed by atoms with Crippen LogP contribution in [0.25, 0.3) is 5.57 Å². The Morgan fingerprint density at radius 1 is 1.14 bits per heavy atom. The standard InChI is InChI=1S/C23H27NO3S/c1-2-27-14-13-24-11-9-17(10-12-24)22-18-6-4-3-5-16(18)7-8-20-19(22)15-21(28-20)23(25)26/h3-6,15H,2,7-14H2,1H3,(H,25,26). The monoisotopic (exact) mass is 397 g/mol. The Morgan fingerprint density at radius 2 is 1.93 bits per heavy atom. The number of aromatic carboxylic acids is 1. The molecule has 4 nitrogen and oxygen atoms in total. The van der Waals surface area contributed by atoms with Gasteiger partial charge in [0.2, 0.25) is 0 Å². The summed E-state index contributed by atoms with van der Waals surface area (Å²) in [6.45, 7) is 6.67. The number of fused-ring (bicyclic) bond motifs is 2. The summed E-state index contributed by atoms with van der Waals surface area (Å²) in [5.41, 5.74) is 6.61. The van der Waals surface area contributed by atoms with Gasteiger partial charge in [0.25, 0.3) is 0 Å². The zero-order valence-electron chi connectivity index (χ0n) is 16.4. The van der Waals surface area contributed by atoms with Crippen molar-refractivity contribution in [1.82, 2.24) is 4.90 Å². The maximum absolute atomic E-state index is 11.6. The lowest BCUT2D eigenvalue weighted by Crippen LogP contribution is -2.33. The van der Waals surface area contributed by atoms with Crippen LogP contribution in [-0.4, -0.2) is 48.8 Å². The molecule has 1 aromatic heterocycles. The van der Waals surface area contributed by atoms with Crippen molar-refractivity contribution in [2.75, 3.05) is 32.8 Å². The lowest BCUT2D eigenvalue weighted by Gasteiger charge is -2.30. The van der Waals surface area contributed by atoms with E-state index in [-0.39, 0.29) is 0 Å². The van der Waals surface area contributed by atoms with E-state index >= 15 is 0 Å². The second kappa shape index (κ2) is 8.60. The number of rotatable bonds is 5. The predicted octanol–water partition coefficient (Wildman–Crippen LogP) is 4.48. The molecule has 0 bridgehead atoms. The molecule has 148 valence electrons. The van der Waals surface area contributed by atoms with E-state index in [1.165, 1.54) is 38.5 Å². The number of ether oxygens (including phenoxy) is 1. The number of likely N-dealkylation sites (tertiary alicyclic amines) is 1. The van der Waals surface area contributed by atoms with E-state index in [0.717, 1.165) is 64.1 Å². The zero-order valence-corrected chi connectivity index (χ0v) is 17.2. The fraction of sp³-hybridized carbons (Fsp3) is 0.435. The molecule has 0 unspecified atom stereocenters. The van der Waals surface area contributed by atoms with E-state index in [1.807, 2.05) is 13.0 Å².